The molecular weight excluding hydrogens is 227 g/mol. The topological polar surface area (TPSA) is 93.3 Å². The van der Waals surface area contributed by atoms with Crippen LogP contribution in [0.15, 0.2) is 24.3 Å². The normalized spacial score (nSPS) is 10.4. The Morgan fingerprint density at radius 3 is 2.59 bits per heavy atom. The van der Waals surface area contributed by atoms with E-state index in [-0.39, 0.29) is 22.2 Å². The number of hydrogen-bond acceptors (Lipinski definition) is 3. The molecular formula is C11H7FN2O3. The maximum atomic E-state index is 13.0. The van der Waals surface area contributed by atoms with E-state index in [2.05, 4.69) is 4.98 Å². The number of carbonyl (C=O) groups is 2. The minimum absolute atomic E-state index is 0.127. The molecule has 1 heterocycles. The van der Waals surface area contributed by atoms with Gasteiger partial charge in [-0.25, -0.2) is 14.2 Å². The highest BCUT2D eigenvalue weighted by atomic mass is 19.1. The summed E-state index contributed by atoms with van der Waals surface area (Å²) in [7, 11) is 0. The van der Waals surface area contributed by atoms with Crippen molar-refractivity contribution in [3.63, 3.8) is 0 Å². The van der Waals surface area contributed by atoms with Crippen LogP contribution >= 0.6 is 0 Å². The van der Waals surface area contributed by atoms with Crippen molar-refractivity contribution in [2.24, 2.45) is 5.73 Å². The molecule has 0 bridgehead atoms. The predicted molar refractivity (Wildman–Crippen MR) is 57.2 cm³/mol. The van der Waals surface area contributed by atoms with Crippen LogP contribution in [0.2, 0.25) is 0 Å². The van der Waals surface area contributed by atoms with Crippen LogP contribution in [0.1, 0.15) is 20.8 Å². The summed E-state index contributed by atoms with van der Waals surface area (Å²) >= 11 is 0. The summed E-state index contributed by atoms with van der Waals surface area (Å²) in [5.41, 5.74) is 4.87. The lowest BCUT2D eigenvalue weighted by Gasteiger charge is -2.04. The van der Waals surface area contributed by atoms with Gasteiger partial charge >= 0.3 is 5.97 Å². The van der Waals surface area contributed by atoms with Crippen molar-refractivity contribution in [2.75, 3.05) is 0 Å². The highest BCUT2D eigenvalue weighted by Crippen LogP contribution is 2.19. The monoisotopic (exact) mass is 234 g/mol. The van der Waals surface area contributed by atoms with Gasteiger partial charge in [0.1, 0.15) is 11.5 Å². The van der Waals surface area contributed by atoms with Crippen LogP contribution in [0.4, 0.5) is 4.39 Å². The van der Waals surface area contributed by atoms with Crippen LogP contribution in [0.25, 0.3) is 10.9 Å². The smallest absolute Gasteiger partial charge is 0.336 e. The van der Waals surface area contributed by atoms with Gasteiger partial charge in [-0.1, -0.05) is 0 Å². The van der Waals surface area contributed by atoms with Gasteiger partial charge in [-0.2, -0.15) is 0 Å². The number of benzene rings is 1. The number of aromatic carboxylic acids is 1. The van der Waals surface area contributed by atoms with E-state index in [9.17, 15) is 14.0 Å². The highest BCUT2D eigenvalue weighted by molar-refractivity contribution is 6.05. The Kier molecular flexibility index (Phi) is 2.47. The van der Waals surface area contributed by atoms with Crippen LogP contribution in [-0.4, -0.2) is 22.0 Å². The third-order valence-electron chi connectivity index (χ3n) is 2.25. The first-order valence-electron chi connectivity index (χ1n) is 4.62. The largest absolute Gasteiger partial charge is 0.478 e. The Morgan fingerprint density at radius 2 is 2.00 bits per heavy atom. The van der Waals surface area contributed by atoms with Crippen LogP contribution in [-0.2, 0) is 0 Å². The van der Waals surface area contributed by atoms with Gasteiger partial charge in [-0.3, -0.25) is 4.79 Å². The van der Waals surface area contributed by atoms with Crippen LogP contribution in [0.5, 0.6) is 0 Å². The van der Waals surface area contributed by atoms with Crippen molar-refractivity contribution < 1.29 is 19.1 Å². The van der Waals surface area contributed by atoms with E-state index in [1.807, 2.05) is 0 Å². The first-order valence-corrected chi connectivity index (χ1v) is 4.62. The quantitative estimate of drug-likeness (QED) is 0.815. The van der Waals surface area contributed by atoms with Gasteiger partial charge in [-0.05, 0) is 24.3 Å². The Morgan fingerprint density at radius 1 is 1.29 bits per heavy atom. The summed E-state index contributed by atoms with van der Waals surface area (Å²) in [5, 5.41) is 9.10. The number of carboxylic acids is 1. The lowest BCUT2D eigenvalue weighted by atomic mass is 10.1. The Hall–Kier alpha value is -2.50. The van der Waals surface area contributed by atoms with E-state index in [0.29, 0.717) is 0 Å². The molecule has 86 valence electrons. The van der Waals surface area contributed by atoms with E-state index in [0.717, 1.165) is 18.2 Å². The third kappa shape index (κ3) is 1.92. The molecule has 1 amide bonds. The number of carbonyl (C=O) groups excluding carboxylic acids is 1. The Labute approximate surface area is 94.7 Å². The second-order valence-corrected chi connectivity index (χ2v) is 3.39. The lowest BCUT2D eigenvalue weighted by molar-refractivity contribution is 0.0699. The minimum atomic E-state index is -1.27. The number of aromatic nitrogens is 1. The van der Waals surface area contributed by atoms with Crippen molar-refractivity contribution in [1.82, 2.24) is 4.98 Å². The van der Waals surface area contributed by atoms with E-state index < -0.39 is 17.7 Å². The molecule has 0 saturated heterocycles. The van der Waals surface area contributed by atoms with Gasteiger partial charge in [0, 0.05) is 5.39 Å². The number of nitrogens with zero attached hydrogens (tertiary/aromatic N) is 1. The molecule has 0 spiro atoms. The number of halogens is 1. The molecule has 0 fully saturated rings. The fourth-order valence-electron chi connectivity index (χ4n) is 1.50. The van der Waals surface area contributed by atoms with Gasteiger partial charge in [0.15, 0.2) is 0 Å². The summed E-state index contributed by atoms with van der Waals surface area (Å²) in [6, 6.07) is 4.51. The maximum Gasteiger partial charge on any atom is 0.336 e. The molecule has 0 aliphatic rings. The zero-order valence-corrected chi connectivity index (χ0v) is 8.48. The van der Waals surface area contributed by atoms with Gasteiger partial charge in [-0.15, -0.1) is 0 Å². The molecule has 0 atom stereocenters. The summed E-state index contributed by atoms with van der Waals surface area (Å²) in [6.07, 6.45) is 0. The van der Waals surface area contributed by atoms with E-state index in [1.165, 1.54) is 6.07 Å². The standard InChI is InChI=1S/C11H7FN2O3/c12-5-1-2-8-6(3-5)7(11(16)17)4-9(14-8)10(13)15/h1-4H,(H2,13,15)(H,16,17). The average Bonchev–Trinajstić information content (AvgIpc) is 2.27. The van der Waals surface area contributed by atoms with E-state index in [1.54, 1.807) is 0 Å². The molecule has 0 radical (unpaired) electrons. The first kappa shape index (κ1) is 11.0. The van der Waals surface area contributed by atoms with Crippen molar-refractivity contribution >= 4 is 22.8 Å². The fourth-order valence-corrected chi connectivity index (χ4v) is 1.50. The summed E-state index contributed by atoms with van der Waals surface area (Å²) in [5.74, 6) is -2.68. The molecule has 3 N–H and O–H groups in total. The van der Waals surface area contributed by atoms with Gasteiger partial charge < -0.3 is 10.8 Å². The predicted octanol–water partition coefficient (Wildman–Crippen LogP) is 1.17. The first-order chi connectivity index (χ1) is 7.99. The second kappa shape index (κ2) is 3.82. The van der Waals surface area contributed by atoms with Crippen LogP contribution < -0.4 is 5.73 Å². The molecule has 6 heteroatoms. The van der Waals surface area contributed by atoms with Crippen molar-refractivity contribution in [3.05, 3.63) is 41.3 Å². The highest BCUT2D eigenvalue weighted by Gasteiger charge is 2.14. The summed E-state index contributed by atoms with van der Waals surface area (Å²) in [4.78, 5) is 25.8. The number of nitrogens with two attached hydrogens (primary N) is 1. The summed E-state index contributed by atoms with van der Waals surface area (Å²) < 4.78 is 13.0. The van der Waals surface area contributed by atoms with E-state index >= 15 is 0 Å². The van der Waals surface area contributed by atoms with Crippen LogP contribution in [0.3, 0.4) is 0 Å². The molecule has 0 aliphatic carbocycles. The molecule has 0 saturated carbocycles. The molecule has 1 aromatic heterocycles. The summed E-state index contributed by atoms with van der Waals surface area (Å²) in [6.45, 7) is 0. The molecule has 0 unspecified atom stereocenters. The Balaban J connectivity index is 2.86. The zero-order chi connectivity index (χ0) is 12.6. The second-order valence-electron chi connectivity index (χ2n) is 3.39. The van der Waals surface area contributed by atoms with Gasteiger partial charge in [0.05, 0.1) is 11.1 Å². The van der Waals surface area contributed by atoms with E-state index in [4.69, 9.17) is 10.8 Å². The molecule has 0 aliphatic heterocycles. The van der Waals surface area contributed by atoms with Crippen molar-refractivity contribution in [1.29, 1.82) is 0 Å². The number of amides is 1. The number of hydrogen-bond donors (Lipinski definition) is 2. The van der Waals surface area contributed by atoms with Gasteiger partial charge in [0.25, 0.3) is 5.91 Å². The Bertz CT molecular complexity index is 640. The molecule has 17 heavy (non-hydrogen) atoms. The SMILES string of the molecule is NC(=O)c1cc(C(=O)O)c2cc(F)ccc2n1. The molecule has 2 aromatic rings. The molecule has 1 aromatic carbocycles. The lowest BCUT2D eigenvalue weighted by Crippen LogP contribution is -2.14. The third-order valence-corrected chi connectivity index (χ3v) is 2.25. The average molecular weight is 234 g/mol. The molecule has 2 rings (SSSR count). The zero-order valence-electron chi connectivity index (χ0n) is 8.48. The number of pyridine rings is 1. The number of fused-ring (bicyclic) bond motifs is 1. The van der Waals surface area contributed by atoms with Crippen LogP contribution in [0, 0.1) is 5.82 Å². The maximum absolute atomic E-state index is 13.0. The number of carboxylic acid groups (broad SMARTS) is 1. The number of primary amides is 1. The molecule has 5 nitrogen and oxygen atoms in total. The number of rotatable bonds is 2. The fraction of sp³-hybridized carbons (Fsp3) is 0. The van der Waals surface area contributed by atoms with Gasteiger partial charge in [0.2, 0.25) is 0 Å². The minimum Gasteiger partial charge on any atom is -0.478 e. The van der Waals surface area contributed by atoms with Crippen molar-refractivity contribution in [2.45, 2.75) is 0 Å². The van der Waals surface area contributed by atoms with Crippen molar-refractivity contribution in [3.8, 4) is 0 Å².